The van der Waals surface area contributed by atoms with Gasteiger partial charge in [0.15, 0.2) is 16.5 Å². The lowest BCUT2D eigenvalue weighted by Crippen LogP contribution is -2.00. The van der Waals surface area contributed by atoms with E-state index in [1.165, 1.54) is 30.6 Å². The molecule has 16 heavy (non-hydrogen) atoms. The second-order valence-corrected chi connectivity index (χ2v) is 3.95. The highest BCUT2D eigenvalue weighted by Crippen LogP contribution is 2.27. The van der Waals surface area contributed by atoms with E-state index in [9.17, 15) is 9.90 Å². The highest BCUT2D eigenvalue weighted by molar-refractivity contribution is 7.11. The van der Waals surface area contributed by atoms with Crippen LogP contribution in [0.1, 0.15) is 15.4 Å². The van der Waals surface area contributed by atoms with Crippen LogP contribution in [0.5, 0.6) is 11.5 Å². The maximum Gasteiger partial charge on any atom is 0.221 e. The van der Waals surface area contributed by atoms with E-state index in [2.05, 4.69) is 4.98 Å². The lowest BCUT2D eigenvalue weighted by molar-refractivity contribution is 0.103. The van der Waals surface area contributed by atoms with Gasteiger partial charge in [-0.05, 0) is 18.2 Å². The summed E-state index contributed by atoms with van der Waals surface area (Å²) in [7, 11) is 1.44. The van der Waals surface area contributed by atoms with Crippen molar-refractivity contribution in [1.29, 1.82) is 0 Å². The zero-order valence-electron chi connectivity index (χ0n) is 8.51. The van der Waals surface area contributed by atoms with Crippen molar-refractivity contribution in [2.24, 2.45) is 0 Å². The number of nitrogens with zero attached hydrogens (tertiary/aromatic N) is 1. The van der Waals surface area contributed by atoms with E-state index in [-0.39, 0.29) is 17.3 Å². The zero-order valence-corrected chi connectivity index (χ0v) is 9.32. The number of phenols is 1. The quantitative estimate of drug-likeness (QED) is 0.827. The van der Waals surface area contributed by atoms with Gasteiger partial charge in [-0.1, -0.05) is 0 Å². The molecule has 0 atom stereocenters. The maximum absolute atomic E-state index is 11.9. The van der Waals surface area contributed by atoms with Gasteiger partial charge in [0.2, 0.25) is 5.78 Å². The average molecular weight is 235 g/mol. The second-order valence-electron chi connectivity index (χ2n) is 3.05. The van der Waals surface area contributed by atoms with E-state index >= 15 is 0 Å². The van der Waals surface area contributed by atoms with E-state index in [0.29, 0.717) is 10.6 Å². The van der Waals surface area contributed by atoms with E-state index in [1.807, 2.05) is 0 Å². The van der Waals surface area contributed by atoms with Gasteiger partial charge in [0.25, 0.3) is 0 Å². The Bertz CT molecular complexity index is 508. The van der Waals surface area contributed by atoms with Gasteiger partial charge >= 0.3 is 0 Å². The first-order valence-electron chi connectivity index (χ1n) is 4.53. The van der Waals surface area contributed by atoms with Gasteiger partial charge in [-0.15, -0.1) is 11.3 Å². The van der Waals surface area contributed by atoms with Crippen LogP contribution in [-0.4, -0.2) is 23.0 Å². The van der Waals surface area contributed by atoms with Crippen molar-refractivity contribution in [3.05, 3.63) is 40.3 Å². The monoisotopic (exact) mass is 235 g/mol. The Kier molecular flexibility index (Phi) is 2.87. The lowest BCUT2D eigenvalue weighted by Gasteiger charge is -2.04. The molecular weight excluding hydrogens is 226 g/mol. The first-order chi connectivity index (χ1) is 7.72. The molecule has 5 heteroatoms. The summed E-state index contributed by atoms with van der Waals surface area (Å²) in [6, 6.07) is 4.47. The smallest absolute Gasteiger partial charge is 0.221 e. The Hall–Kier alpha value is -1.88. The molecule has 0 amide bonds. The molecule has 0 aliphatic carbocycles. The molecule has 1 aromatic carbocycles. The van der Waals surface area contributed by atoms with Crippen molar-refractivity contribution >= 4 is 17.1 Å². The van der Waals surface area contributed by atoms with E-state index in [0.717, 1.165) is 0 Å². The largest absolute Gasteiger partial charge is 0.504 e. The fourth-order valence-electron chi connectivity index (χ4n) is 1.28. The van der Waals surface area contributed by atoms with Crippen molar-refractivity contribution in [1.82, 2.24) is 4.98 Å². The third-order valence-electron chi connectivity index (χ3n) is 2.07. The normalized spacial score (nSPS) is 10.1. The summed E-state index contributed by atoms with van der Waals surface area (Å²) in [5.41, 5.74) is 0.449. The number of phenolic OH excluding ortho intramolecular Hbond substituents is 1. The molecule has 4 nitrogen and oxygen atoms in total. The molecule has 1 heterocycles. The Morgan fingerprint density at radius 2 is 2.31 bits per heavy atom. The first kappa shape index (κ1) is 10.6. The van der Waals surface area contributed by atoms with E-state index in [1.54, 1.807) is 17.6 Å². The number of aromatic nitrogens is 1. The Balaban J connectivity index is 2.38. The number of carbonyl (C=O) groups excluding carboxylic acids is 1. The lowest BCUT2D eigenvalue weighted by atomic mass is 10.1. The number of benzene rings is 1. The molecule has 1 N–H and O–H groups in total. The fraction of sp³-hybridized carbons (Fsp3) is 0.0909. The molecule has 0 aliphatic heterocycles. The van der Waals surface area contributed by atoms with Crippen LogP contribution >= 0.6 is 11.3 Å². The molecule has 0 aliphatic rings. The van der Waals surface area contributed by atoms with Gasteiger partial charge in [-0.25, -0.2) is 4.98 Å². The topological polar surface area (TPSA) is 59.4 Å². The number of carbonyl (C=O) groups is 1. The molecule has 0 saturated heterocycles. The van der Waals surface area contributed by atoms with Crippen LogP contribution in [0.2, 0.25) is 0 Å². The number of aromatic hydroxyl groups is 1. The predicted octanol–water partition coefficient (Wildman–Crippen LogP) is 2.09. The highest BCUT2D eigenvalue weighted by Gasteiger charge is 2.13. The summed E-state index contributed by atoms with van der Waals surface area (Å²) in [6.45, 7) is 0. The number of thiazole rings is 1. The van der Waals surface area contributed by atoms with Gasteiger partial charge in [0, 0.05) is 17.1 Å². The minimum Gasteiger partial charge on any atom is -0.504 e. The number of hydrogen-bond donors (Lipinski definition) is 1. The highest BCUT2D eigenvalue weighted by atomic mass is 32.1. The predicted molar refractivity (Wildman–Crippen MR) is 60.2 cm³/mol. The number of methoxy groups -OCH3 is 1. The molecule has 0 saturated carbocycles. The fourth-order valence-corrected chi connectivity index (χ4v) is 1.88. The van der Waals surface area contributed by atoms with Crippen LogP contribution in [0.25, 0.3) is 0 Å². The molecular formula is C11H9NO3S. The Morgan fingerprint density at radius 1 is 1.50 bits per heavy atom. The molecule has 1 aromatic heterocycles. The summed E-state index contributed by atoms with van der Waals surface area (Å²) in [5.74, 6) is 0.119. The van der Waals surface area contributed by atoms with Gasteiger partial charge < -0.3 is 9.84 Å². The second kappa shape index (κ2) is 4.32. The zero-order chi connectivity index (χ0) is 11.5. The maximum atomic E-state index is 11.9. The van der Waals surface area contributed by atoms with Crippen LogP contribution in [0.15, 0.2) is 29.8 Å². The molecule has 82 valence electrons. The molecule has 0 spiro atoms. The summed E-state index contributed by atoms with van der Waals surface area (Å²) in [6.07, 6.45) is 1.58. The minimum atomic E-state index is -0.173. The summed E-state index contributed by atoms with van der Waals surface area (Å²) in [5, 5.41) is 11.6. The molecule has 2 aromatic rings. The Labute approximate surface area is 96.1 Å². The molecule has 0 bridgehead atoms. The van der Waals surface area contributed by atoms with Gasteiger partial charge in [0.05, 0.1) is 7.11 Å². The van der Waals surface area contributed by atoms with Crippen molar-refractivity contribution in [3.8, 4) is 11.5 Å². The summed E-state index contributed by atoms with van der Waals surface area (Å²) < 4.78 is 4.93. The number of hydrogen-bond acceptors (Lipinski definition) is 5. The number of ether oxygens (including phenoxy) is 1. The third-order valence-corrected chi connectivity index (χ3v) is 2.84. The van der Waals surface area contributed by atoms with Crippen LogP contribution in [0.3, 0.4) is 0 Å². The number of ketones is 1. The van der Waals surface area contributed by atoms with E-state index in [4.69, 9.17) is 4.74 Å². The average Bonchev–Trinajstić information content (AvgIpc) is 2.82. The first-order valence-corrected chi connectivity index (χ1v) is 5.41. The van der Waals surface area contributed by atoms with Crippen LogP contribution < -0.4 is 4.74 Å². The van der Waals surface area contributed by atoms with Crippen molar-refractivity contribution < 1.29 is 14.6 Å². The molecule has 0 unspecified atom stereocenters. The van der Waals surface area contributed by atoms with Crippen LogP contribution in [0, 0.1) is 0 Å². The third kappa shape index (κ3) is 1.90. The minimum absolute atomic E-state index is 0.0122. The van der Waals surface area contributed by atoms with Gasteiger partial charge in [0.1, 0.15) is 0 Å². The molecule has 0 radical (unpaired) electrons. The van der Waals surface area contributed by atoms with Crippen LogP contribution in [-0.2, 0) is 0 Å². The van der Waals surface area contributed by atoms with Crippen molar-refractivity contribution in [3.63, 3.8) is 0 Å². The van der Waals surface area contributed by atoms with Crippen LogP contribution in [0.4, 0.5) is 0 Å². The van der Waals surface area contributed by atoms with Gasteiger partial charge in [-0.3, -0.25) is 4.79 Å². The molecule has 2 rings (SSSR count). The standard InChI is InChI=1S/C11H9NO3S/c1-15-9-6-7(2-3-8(9)13)10(14)11-12-4-5-16-11/h2-6,13H,1H3. The summed E-state index contributed by atoms with van der Waals surface area (Å²) >= 11 is 1.28. The summed E-state index contributed by atoms with van der Waals surface area (Å²) in [4.78, 5) is 15.8. The molecule has 0 fully saturated rings. The SMILES string of the molecule is COc1cc(C(=O)c2nccs2)ccc1O. The van der Waals surface area contributed by atoms with Gasteiger partial charge in [-0.2, -0.15) is 0 Å². The van der Waals surface area contributed by atoms with Crippen molar-refractivity contribution in [2.45, 2.75) is 0 Å². The Morgan fingerprint density at radius 3 is 2.94 bits per heavy atom. The number of rotatable bonds is 3. The van der Waals surface area contributed by atoms with E-state index < -0.39 is 0 Å². The van der Waals surface area contributed by atoms with Crippen molar-refractivity contribution in [2.75, 3.05) is 7.11 Å².